The molecule has 4 rings (SSSR count). The third-order valence-electron chi connectivity index (χ3n) is 5.65. The van der Waals surface area contributed by atoms with Gasteiger partial charge in [-0.05, 0) is 94.6 Å². The lowest BCUT2D eigenvalue weighted by molar-refractivity contribution is 0.0696. The molecule has 0 amide bonds. The van der Waals surface area contributed by atoms with E-state index in [1.54, 1.807) is 0 Å². The summed E-state index contributed by atoms with van der Waals surface area (Å²) in [6.45, 7) is 6.32. The van der Waals surface area contributed by atoms with Crippen LogP contribution >= 0.6 is 12.2 Å². The summed E-state index contributed by atoms with van der Waals surface area (Å²) in [5.41, 5.74) is 3.06. The zero-order valence-electron chi connectivity index (χ0n) is 17.5. The quantitative estimate of drug-likeness (QED) is 0.614. The summed E-state index contributed by atoms with van der Waals surface area (Å²) in [6.07, 6.45) is 6.09. The molecule has 4 nitrogen and oxygen atoms in total. The lowest BCUT2D eigenvalue weighted by Crippen LogP contribution is -2.42. The summed E-state index contributed by atoms with van der Waals surface area (Å²) in [7, 11) is 0. The van der Waals surface area contributed by atoms with Gasteiger partial charge in [0.2, 0.25) is 0 Å². The van der Waals surface area contributed by atoms with Gasteiger partial charge in [-0.25, -0.2) is 0 Å². The van der Waals surface area contributed by atoms with Crippen molar-refractivity contribution in [3.63, 3.8) is 0 Å². The first-order valence-corrected chi connectivity index (χ1v) is 10.9. The molecule has 1 atom stereocenters. The number of thiocarbonyl (C=S) groups is 1. The Hall–Kier alpha value is -2.27. The normalized spacial score (nSPS) is 20.4. The molecule has 0 bridgehead atoms. The Morgan fingerprint density at radius 1 is 1.10 bits per heavy atom. The number of nitrogens with one attached hydrogen (secondary N) is 2. The van der Waals surface area contributed by atoms with Crippen LogP contribution in [0.2, 0.25) is 0 Å². The molecular formula is C24H30N2O2S. The second-order valence-corrected chi connectivity index (χ2v) is 9.22. The van der Waals surface area contributed by atoms with Crippen molar-refractivity contribution in [1.82, 2.24) is 5.32 Å². The van der Waals surface area contributed by atoms with Crippen LogP contribution in [0.4, 0.5) is 5.69 Å². The molecule has 1 aliphatic heterocycles. The zero-order valence-corrected chi connectivity index (χ0v) is 18.3. The van der Waals surface area contributed by atoms with Crippen molar-refractivity contribution in [1.29, 1.82) is 0 Å². The van der Waals surface area contributed by atoms with Gasteiger partial charge in [-0.2, -0.15) is 0 Å². The van der Waals surface area contributed by atoms with E-state index < -0.39 is 0 Å². The predicted octanol–water partition coefficient (Wildman–Crippen LogP) is 5.91. The Morgan fingerprint density at radius 2 is 1.83 bits per heavy atom. The molecule has 5 heteroatoms. The number of ether oxygens (including phenoxy) is 2. The monoisotopic (exact) mass is 410 g/mol. The number of rotatable bonds is 4. The van der Waals surface area contributed by atoms with Gasteiger partial charge in [0.15, 0.2) is 5.11 Å². The van der Waals surface area contributed by atoms with Crippen LogP contribution < -0.4 is 20.1 Å². The molecule has 1 aliphatic carbocycles. The predicted molar refractivity (Wildman–Crippen MR) is 122 cm³/mol. The molecule has 1 heterocycles. The van der Waals surface area contributed by atoms with Crippen LogP contribution in [0.5, 0.6) is 11.5 Å². The topological polar surface area (TPSA) is 42.5 Å². The molecule has 2 aromatic carbocycles. The average Bonchev–Trinajstić information content (AvgIpc) is 3.15. The molecule has 0 radical (unpaired) electrons. The first kappa shape index (κ1) is 20.0. The van der Waals surface area contributed by atoms with Gasteiger partial charge in [0.05, 0.1) is 12.1 Å². The number of fused-ring (bicyclic) bond motifs is 1. The fourth-order valence-corrected chi connectivity index (χ4v) is 4.49. The van der Waals surface area contributed by atoms with E-state index in [0.29, 0.717) is 11.2 Å². The van der Waals surface area contributed by atoms with Crippen molar-refractivity contribution < 1.29 is 9.47 Å². The van der Waals surface area contributed by atoms with E-state index in [-0.39, 0.29) is 11.6 Å². The van der Waals surface area contributed by atoms with Gasteiger partial charge < -0.3 is 20.1 Å². The highest BCUT2D eigenvalue weighted by atomic mass is 32.1. The highest BCUT2D eigenvalue weighted by Gasteiger charge is 2.34. The second-order valence-electron chi connectivity index (χ2n) is 8.81. The van der Waals surface area contributed by atoms with Crippen molar-refractivity contribution >= 4 is 23.0 Å². The highest BCUT2D eigenvalue weighted by Crippen LogP contribution is 2.40. The van der Waals surface area contributed by atoms with Gasteiger partial charge in [-0.3, -0.25) is 0 Å². The summed E-state index contributed by atoms with van der Waals surface area (Å²) >= 11 is 5.60. The summed E-state index contributed by atoms with van der Waals surface area (Å²) in [5.74, 6) is 1.87. The summed E-state index contributed by atoms with van der Waals surface area (Å²) in [6, 6.07) is 14.5. The Labute approximate surface area is 179 Å². The number of aryl methyl sites for hydroxylation is 1. The van der Waals surface area contributed by atoms with E-state index in [4.69, 9.17) is 21.7 Å². The van der Waals surface area contributed by atoms with Crippen LogP contribution in [-0.2, 0) is 0 Å². The van der Waals surface area contributed by atoms with E-state index in [0.717, 1.165) is 42.0 Å². The van der Waals surface area contributed by atoms with Crippen molar-refractivity contribution in [2.45, 2.75) is 70.6 Å². The van der Waals surface area contributed by atoms with E-state index >= 15 is 0 Å². The lowest BCUT2D eigenvalue weighted by atomic mass is 9.89. The van der Waals surface area contributed by atoms with Crippen LogP contribution in [-0.4, -0.2) is 16.8 Å². The van der Waals surface area contributed by atoms with Crippen LogP contribution in [0.3, 0.4) is 0 Å². The first-order chi connectivity index (χ1) is 13.9. The van der Waals surface area contributed by atoms with Crippen molar-refractivity contribution in [2.75, 3.05) is 5.32 Å². The summed E-state index contributed by atoms with van der Waals surface area (Å²) in [4.78, 5) is 0. The maximum absolute atomic E-state index is 6.18. The third kappa shape index (κ3) is 5.02. The lowest BCUT2D eigenvalue weighted by Gasteiger charge is -2.38. The molecule has 29 heavy (non-hydrogen) atoms. The minimum atomic E-state index is -0.243. The summed E-state index contributed by atoms with van der Waals surface area (Å²) < 4.78 is 12.2. The van der Waals surface area contributed by atoms with Gasteiger partial charge in [-0.15, -0.1) is 0 Å². The third-order valence-corrected chi connectivity index (χ3v) is 5.87. The number of hydrogen-bond acceptors (Lipinski definition) is 3. The molecule has 0 saturated heterocycles. The SMILES string of the molecule is Cc1ccc2c(c1)OC(C)(C)C[C@H]2NC(=S)Nc1ccc(OC2CCCC2)cc1. The minimum Gasteiger partial charge on any atom is -0.490 e. The fraction of sp³-hybridized carbons (Fsp3) is 0.458. The molecule has 2 N–H and O–H groups in total. The Balaban J connectivity index is 1.39. The molecule has 0 aromatic heterocycles. The Kier molecular flexibility index (Phi) is 5.68. The number of hydrogen-bond donors (Lipinski definition) is 2. The van der Waals surface area contributed by atoms with Crippen LogP contribution in [0.1, 0.15) is 63.1 Å². The van der Waals surface area contributed by atoms with Crippen LogP contribution in [0.15, 0.2) is 42.5 Å². The maximum Gasteiger partial charge on any atom is 0.171 e. The number of anilines is 1. The molecule has 0 unspecified atom stereocenters. The number of benzene rings is 2. The Bertz CT molecular complexity index is 873. The minimum absolute atomic E-state index is 0.110. The molecule has 2 aromatic rings. The first-order valence-electron chi connectivity index (χ1n) is 10.5. The van der Waals surface area contributed by atoms with Crippen molar-refractivity contribution in [3.05, 3.63) is 53.6 Å². The standard InChI is InChI=1S/C24H30N2O2S/c1-16-8-13-20-21(15-24(2,3)28-22(20)14-16)26-23(29)25-17-9-11-19(12-10-17)27-18-6-4-5-7-18/h8-14,18,21H,4-7,15H2,1-3H3,(H2,25,26,29)/t21-/m1/s1. The molecule has 1 saturated carbocycles. The molecular weight excluding hydrogens is 380 g/mol. The van der Waals surface area contributed by atoms with E-state index in [2.05, 4.69) is 49.6 Å². The van der Waals surface area contributed by atoms with Crippen molar-refractivity contribution in [3.8, 4) is 11.5 Å². The smallest absolute Gasteiger partial charge is 0.171 e. The average molecular weight is 411 g/mol. The molecule has 2 aliphatic rings. The van der Waals surface area contributed by atoms with Crippen LogP contribution in [0.25, 0.3) is 0 Å². The molecule has 0 spiro atoms. The van der Waals surface area contributed by atoms with Crippen LogP contribution in [0, 0.1) is 6.92 Å². The van der Waals surface area contributed by atoms with Gasteiger partial charge in [0.1, 0.15) is 17.1 Å². The van der Waals surface area contributed by atoms with E-state index in [9.17, 15) is 0 Å². The van der Waals surface area contributed by atoms with E-state index in [1.807, 2.05) is 24.3 Å². The molecule has 1 fully saturated rings. The zero-order chi connectivity index (χ0) is 20.4. The van der Waals surface area contributed by atoms with Gasteiger partial charge >= 0.3 is 0 Å². The largest absolute Gasteiger partial charge is 0.490 e. The molecule has 154 valence electrons. The van der Waals surface area contributed by atoms with Gasteiger partial charge in [0.25, 0.3) is 0 Å². The van der Waals surface area contributed by atoms with Crippen molar-refractivity contribution in [2.24, 2.45) is 0 Å². The van der Waals surface area contributed by atoms with Gasteiger partial charge in [-0.1, -0.05) is 12.1 Å². The summed E-state index contributed by atoms with van der Waals surface area (Å²) in [5, 5.41) is 7.40. The van der Waals surface area contributed by atoms with E-state index in [1.165, 1.54) is 18.4 Å². The maximum atomic E-state index is 6.18. The fourth-order valence-electron chi connectivity index (χ4n) is 4.23. The van der Waals surface area contributed by atoms with Gasteiger partial charge in [0, 0.05) is 17.7 Å². The Morgan fingerprint density at radius 3 is 2.55 bits per heavy atom. The highest BCUT2D eigenvalue weighted by molar-refractivity contribution is 7.80. The second kappa shape index (κ2) is 8.23.